The lowest BCUT2D eigenvalue weighted by Crippen LogP contribution is -2.61. The number of ether oxygens (including phenoxy) is 2. The molecule has 17 nitrogen and oxygen atoms in total. The largest absolute Gasteiger partial charge is 0.462 e. The molecule has 4 aromatic carbocycles. The summed E-state index contributed by atoms with van der Waals surface area (Å²) in [6.45, 7) is 9.11. The summed E-state index contributed by atoms with van der Waals surface area (Å²) in [7, 11) is 0. The number of nitrogens with one attached hydrogen (secondary N) is 3. The maximum Gasteiger partial charge on any atom is 0.417 e. The summed E-state index contributed by atoms with van der Waals surface area (Å²) in [6.07, 6.45) is -2.49. The molecule has 0 aliphatic carbocycles. The van der Waals surface area contributed by atoms with E-state index in [0.717, 1.165) is 55.0 Å². The predicted molar refractivity (Wildman–Crippen MR) is 301 cm³/mol. The van der Waals surface area contributed by atoms with Crippen LogP contribution in [0.25, 0.3) is 43.2 Å². The summed E-state index contributed by atoms with van der Waals surface area (Å²) < 4.78 is 118. The minimum absolute atomic E-state index is 0.0137. The van der Waals surface area contributed by atoms with E-state index in [2.05, 4.69) is 30.9 Å². The first-order chi connectivity index (χ1) is 40.0. The fourth-order valence-corrected chi connectivity index (χ4v) is 12.8. The number of urea groups is 1. The fraction of sp³-hybridized carbons (Fsp3) is 0.458. The summed E-state index contributed by atoms with van der Waals surface area (Å²) in [6, 6.07) is 12.4. The summed E-state index contributed by atoms with van der Waals surface area (Å²) in [5, 5.41) is 27.6. The summed E-state index contributed by atoms with van der Waals surface area (Å²) in [5.41, 5.74) is 5.59. The minimum atomic E-state index is -5.11. The maximum absolute atomic E-state index is 17.4. The third kappa shape index (κ3) is 12.4. The molecule has 2 aromatic heterocycles. The van der Waals surface area contributed by atoms with Gasteiger partial charge in [-0.15, -0.1) is 11.3 Å². The molecule has 0 spiro atoms. The van der Waals surface area contributed by atoms with Gasteiger partial charge < -0.3 is 40.7 Å². The number of alkyl halides is 3. The molecule has 6 atom stereocenters. The number of nitrogens with two attached hydrogens (primary N) is 1. The number of anilines is 2. The molecule has 0 saturated carbocycles. The molecule has 10 rings (SSSR count). The Bertz CT molecular complexity index is 3510. The van der Waals surface area contributed by atoms with Crippen LogP contribution in [-0.2, 0) is 20.5 Å². The molecule has 84 heavy (non-hydrogen) atoms. The van der Waals surface area contributed by atoms with E-state index in [4.69, 9.17) is 15.2 Å². The summed E-state index contributed by atoms with van der Waals surface area (Å²) in [5.74, 6) is -5.10. The van der Waals surface area contributed by atoms with Crippen molar-refractivity contribution in [2.24, 2.45) is 0 Å². The van der Waals surface area contributed by atoms with Crippen LogP contribution >= 0.6 is 11.3 Å². The average molecular weight is 1190 g/mol. The van der Waals surface area contributed by atoms with Crippen LogP contribution in [0.1, 0.15) is 95.4 Å². The van der Waals surface area contributed by atoms with Crippen molar-refractivity contribution in [2.45, 2.75) is 121 Å². The molecular weight excluding hydrogens is 1120 g/mol. The molecule has 2 unspecified atom stereocenters. The highest BCUT2D eigenvalue weighted by molar-refractivity contribution is 7.23. The number of rotatable bonds is 16. The number of halogens is 7. The van der Waals surface area contributed by atoms with E-state index in [-0.39, 0.29) is 106 Å². The van der Waals surface area contributed by atoms with Crippen LogP contribution < -0.4 is 31.4 Å². The van der Waals surface area contributed by atoms with Crippen molar-refractivity contribution in [1.29, 1.82) is 5.26 Å². The van der Waals surface area contributed by atoms with Crippen LogP contribution in [0.4, 0.5) is 46.3 Å². The molecule has 6 aromatic rings. The quantitative estimate of drug-likeness (QED) is 0.0348. The standard InChI is InChI=1S/C59H64F7N11O6S/c1-31(32-11-13-33(14-12-32)38-9-5-10-43(60)49(38)62)69-55(80)45-24-37(78)29-76(45)57(81)77(58(2,3)4)73-46(79)19-23-82-22-7-21-74-20-6-8-36(74)30-83-56-71-51-40(54(72-56)75-27-34-15-16-35(28-75)70-34)25-42(59(64,65)66)48(50(51)63)39-17-18-44(61)52-47(39)41(26-67)53(68)84-52/h5,9-14,17-18,25,31,34-37,45,70,78H,6-8,15-16,19-24,27-30,68H2,1-4H3,(H,69,80)(H,73,79)/t31-,34?,35?,36-,37+,45-/m0/s1. The van der Waals surface area contributed by atoms with Crippen molar-refractivity contribution < 1.29 is 59.7 Å². The number of aliphatic hydroxyl groups excluding tert-OH is 1. The number of hydrazine groups is 1. The minimum Gasteiger partial charge on any atom is -0.462 e. The lowest BCUT2D eigenvalue weighted by molar-refractivity contribution is -0.137. The second kappa shape index (κ2) is 24.3. The molecule has 4 aliphatic heterocycles. The average Bonchev–Trinajstić information content (AvgIpc) is 1.41. The van der Waals surface area contributed by atoms with Crippen molar-refractivity contribution in [3.63, 3.8) is 0 Å². The zero-order chi connectivity index (χ0) is 59.9. The first-order valence-corrected chi connectivity index (χ1v) is 28.7. The second-order valence-electron chi connectivity index (χ2n) is 22.8. The Morgan fingerprint density at radius 2 is 1.69 bits per heavy atom. The predicted octanol–water partition coefficient (Wildman–Crippen LogP) is 9.35. The second-order valence-corrected chi connectivity index (χ2v) is 23.9. The lowest BCUT2D eigenvalue weighted by Gasteiger charge is -2.39. The molecule has 4 aliphatic rings. The molecule has 4 fully saturated rings. The normalized spacial score (nSPS) is 20.4. The Hall–Kier alpha value is -7.37. The van der Waals surface area contributed by atoms with Gasteiger partial charge in [0.25, 0.3) is 0 Å². The van der Waals surface area contributed by atoms with Crippen LogP contribution in [0.5, 0.6) is 6.01 Å². The van der Waals surface area contributed by atoms with Gasteiger partial charge in [-0.2, -0.15) is 28.4 Å². The maximum atomic E-state index is 17.4. The third-order valence-electron chi connectivity index (χ3n) is 16.0. The van der Waals surface area contributed by atoms with Gasteiger partial charge in [0, 0.05) is 79.2 Å². The van der Waals surface area contributed by atoms with Gasteiger partial charge in [0.05, 0.1) is 46.5 Å². The van der Waals surface area contributed by atoms with Crippen LogP contribution in [0.2, 0.25) is 0 Å². The fourth-order valence-electron chi connectivity index (χ4n) is 11.8. The Labute approximate surface area is 483 Å². The van der Waals surface area contributed by atoms with Gasteiger partial charge in [0.1, 0.15) is 40.9 Å². The monoisotopic (exact) mass is 1190 g/mol. The van der Waals surface area contributed by atoms with E-state index >= 15 is 22.0 Å². The lowest BCUT2D eigenvalue weighted by atomic mass is 9.92. The van der Waals surface area contributed by atoms with Gasteiger partial charge in [0.2, 0.25) is 11.8 Å². The van der Waals surface area contributed by atoms with Crippen molar-refractivity contribution in [3.8, 4) is 34.3 Å². The molecule has 0 radical (unpaired) electrons. The highest BCUT2D eigenvalue weighted by Gasteiger charge is 2.44. The number of nitriles is 1. The number of benzene rings is 4. The summed E-state index contributed by atoms with van der Waals surface area (Å²) >= 11 is 0.684. The number of β-amino-alcohol motifs (C(OH)–C–C–N with tert-alkyl or cyclic N) is 1. The van der Waals surface area contributed by atoms with Crippen molar-refractivity contribution in [3.05, 3.63) is 101 Å². The molecule has 446 valence electrons. The van der Waals surface area contributed by atoms with Crippen molar-refractivity contribution >= 4 is 61.0 Å². The number of carbonyl (C=O) groups is 3. The van der Waals surface area contributed by atoms with E-state index in [9.17, 15) is 33.5 Å². The number of amides is 4. The number of likely N-dealkylation sites (tertiary alicyclic amines) is 2. The molecular formula is C59H64F7N11O6S. The van der Waals surface area contributed by atoms with Crippen LogP contribution in [0, 0.1) is 34.6 Å². The first kappa shape index (κ1) is 59.8. The van der Waals surface area contributed by atoms with Gasteiger partial charge >= 0.3 is 18.2 Å². The van der Waals surface area contributed by atoms with Gasteiger partial charge in [-0.3, -0.25) is 19.9 Å². The van der Waals surface area contributed by atoms with E-state index in [1.165, 1.54) is 17.0 Å². The number of nitrogen functional groups attached to an aromatic ring is 1. The highest BCUT2D eigenvalue weighted by Crippen LogP contribution is 2.48. The Morgan fingerprint density at radius 3 is 2.39 bits per heavy atom. The van der Waals surface area contributed by atoms with E-state index < -0.39 is 87.7 Å². The van der Waals surface area contributed by atoms with E-state index in [0.29, 0.717) is 55.1 Å². The number of nitrogens with zero attached hydrogens (tertiary/aromatic N) is 7. The number of fused-ring (bicyclic) bond motifs is 4. The van der Waals surface area contributed by atoms with Gasteiger partial charge in [0.15, 0.2) is 17.5 Å². The Kier molecular flexibility index (Phi) is 17.3. The third-order valence-corrected chi connectivity index (χ3v) is 17.0. The smallest absolute Gasteiger partial charge is 0.417 e. The Morgan fingerprint density at radius 1 is 0.952 bits per heavy atom. The van der Waals surface area contributed by atoms with Gasteiger partial charge in [-0.1, -0.05) is 42.5 Å². The molecule has 6 N–H and O–H groups in total. The van der Waals surface area contributed by atoms with E-state index in [1.807, 2.05) is 11.0 Å². The highest BCUT2D eigenvalue weighted by atomic mass is 32.1. The number of piperazine rings is 1. The molecule has 6 heterocycles. The van der Waals surface area contributed by atoms with E-state index in [1.54, 1.807) is 52.0 Å². The number of thiophene rings is 1. The number of aliphatic hydroxyl groups is 1. The zero-order valence-electron chi connectivity index (χ0n) is 46.6. The van der Waals surface area contributed by atoms with Crippen LogP contribution in [0.3, 0.4) is 0 Å². The number of aromatic nitrogens is 2. The summed E-state index contributed by atoms with van der Waals surface area (Å²) in [4.78, 5) is 55.6. The van der Waals surface area contributed by atoms with Crippen LogP contribution in [0.15, 0.2) is 60.7 Å². The molecule has 25 heteroatoms. The SMILES string of the molecule is C[C@H](NC(=O)[C@@H]1C[C@@H](O)CN1C(=O)N(NC(=O)CCOCCCN1CCC[C@H]1COc1nc(N2CC3CCC(C2)N3)c2cc(C(F)(F)F)c(-c3ccc(F)c4sc(N)c(C#N)c34)c(F)c2n1)C(C)(C)C)c1ccc(-c2cccc(F)c2F)cc1. The first-order valence-electron chi connectivity index (χ1n) is 27.9. The van der Waals surface area contributed by atoms with Crippen molar-refractivity contribution in [2.75, 3.05) is 63.2 Å². The molecule has 4 saturated heterocycles. The number of hydrogen-bond acceptors (Lipinski definition) is 14. The molecule has 4 amide bonds. The topological polar surface area (TPSA) is 215 Å². The van der Waals surface area contributed by atoms with Gasteiger partial charge in [-0.05, 0) is 101 Å². The number of hydrogen-bond donors (Lipinski definition) is 5. The number of carbonyl (C=O) groups excluding carboxylic acids is 3. The molecule has 2 bridgehead atoms. The van der Waals surface area contributed by atoms with Crippen LogP contribution in [-0.4, -0.2) is 136 Å². The van der Waals surface area contributed by atoms with Gasteiger partial charge in [-0.25, -0.2) is 27.4 Å². The zero-order valence-corrected chi connectivity index (χ0v) is 47.4. The van der Waals surface area contributed by atoms with Crippen molar-refractivity contribution in [1.82, 2.24) is 40.8 Å². The Balaban J connectivity index is 0.753.